The quantitative estimate of drug-likeness (QED) is 0.694. The van der Waals surface area contributed by atoms with Gasteiger partial charge in [0.25, 0.3) is 0 Å². The van der Waals surface area contributed by atoms with E-state index in [1.165, 1.54) is 11.1 Å². The molecule has 1 aromatic carbocycles. The molecular formula is C12H15NO2. The molecule has 1 saturated heterocycles. The smallest absolute Gasteiger partial charge is 0.208 e. The highest BCUT2D eigenvalue weighted by Crippen LogP contribution is 2.34. The molecule has 1 N–H and O–H groups in total. The van der Waals surface area contributed by atoms with E-state index < -0.39 is 5.79 Å². The molecule has 0 amide bonds. The monoisotopic (exact) mass is 205 g/mol. The van der Waals surface area contributed by atoms with Gasteiger partial charge in [0.05, 0.1) is 19.8 Å². The second kappa shape index (κ2) is 3.59. The van der Waals surface area contributed by atoms with Crippen molar-refractivity contribution in [3.05, 3.63) is 35.4 Å². The molecule has 1 aromatic rings. The topological polar surface area (TPSA) is 30.5 Å². The lowest BCUT2D eigenvalue weighted by atomic mass is 9.95. The molecule has 1 spiro atoms. The van der Waals surface area contributed by atoms with E-state index in [0.717, 1.165) is 32.7 Å². The van der Waals surface area contributed by atoms with E-state index in [4.69, 9.17) is 9.47 Å². The van der Waals surface area contributed by atoms with Gasteiger partial charge in [-0.1, -0.05) is 24.3 Å². The Bertz CT molecular complexity index is 358. The maximum atomic E-state index is 5.85. The lowest BCUT2D eigenvalue weighted by Crippen LogP contribution is -2.49. The molecule has 0 bridgehead atoms. The lowest BCUT2D eigenvalue weighted by Gasteiger charge is -2.41. The summed E-state index contributed by atoms with van der Waals surface area (Å²) in [6.45, 7) is 3.24. The first kappa shape index (κ1) is 9.33. The number of nitrogens with one attached hydrogen (secondary N) is 1. The molecule has 0 aromatic heterocycles. The summed E-state index contributed by atoms with van der Waals surface area (Å²) >= 11 is 0. The number of benzene rings is 1. The van der Waals surface area contributed by atoms with Crippen molar-refractivity contribution in [2.24, 2.45) is 0 Å². The molecule has 0 saturated carbocycles. The van der Waals surface area contributed by atoms with Crippen molar-refractivity contribution in [1.82, 2.24) is 5.32 Å². The number of hydrogen-bond donors (Lipinski definition) is 1. The summed E-state index contributed by atoms with van der Waals surface area (Å²) in [5.74, 6) is -0.521. The third kappa shape index (κ3) is 1.47. The second-order valence-electron chi connectivity index (χ2n) is 4.06. The third-order valence-corrected chi connectivity index (χ3v) is 3.06. The maximum absolute atomic E-state index is 5.85. The SMILES string of the molecule is c1ccc2c(c1)CNCC21OCCCO1. The average Bonchev–Trinajstić information content (AvgIpc) is 2.31. The highest BCUT2D eigenvalue weighted by atomic mass is 16.7. The summed E-state index contributed by atoms with van der Waals surface area (Å²) in [7, 11) is 0. The Kier molecular flexibility index (Phi) is 2.24. The summed E-state index contributed by atoms with van der Waals surface area (Å²) in [6.07, 6.45) is 0.990. The fourth-order valence-corrected chi connectivity index (χ4v) is 2.34. The van der Waals surface area contributed by atoms with Crippen LogP contribution >= 0.6 is 0 Å². The van der Waals surface area contributed by atoms with E-state index in [1.54, 1.807) is 0 Å². The van der Waals surface area contributed by atoms with Crippen molar-refractivity contribution in [2.75, 3.05) is 19.8 Å². The predicted octanol–water partition coefficient (Wildman–Crippen LogP) is 1.38. The number of rotatable bonds is 0. The molecule has 2 aliphatic heterocycles. The summed E-state index contributed by atoms with van der Waals surface area (Å²) in [5, 5.41) is 3.35. The molecule has 1 fully saturated rings. The van der Waals surface area contributed by atoms with Gasteiger partial charge < -0.3 is 14.8 Å². The summed E-state index contributed by atoms with van der Waals surface area (Å²) in [6, 6.07) is 8.35. The average molecular weight is 205 g/mol. The highest BCUT2D eigenvalue weighted by Gasteiger charge is 2.40. The number of fused-ring (bicyclic) bond motifs is 2. The normalized spacial score (nSPS) is 23.7. The van der Waals surface area contributed by atoms with Crippen LogP contribution in [0, 0.1) is 0 Å². The van der Waals surface area contributed by atoms with Crippen LogP contribution in [-0.4, -0.2) is 19.8 Å². The Labute approximate surface area is 89.4 Å². The molecule has 2 aliphatic rings. The summed E-state index contributed by atoms with van der Waals surface area (Å²) < 4.78 is 11.7. The fraction of sp³-hybridized carbons (Fsp3) is 0.500. The molecule has 0 unspecified atom stereocenters. The largest absolute Gasteiger partial charge is 0.345 e. The van der Waals surface area contributed by atoms with Crippen molar-refractivity contribution < 1.29 is 9.47 Å². The summed E-state index contributed by atoms with van der Waals surface area (Å²) in [5.41, 5.74) is 2.48. The zero-order valence-electron chi connectivity index (χ0n) is 8.66. The first-order valence-corrected chi connectivity index (χ1v) is 5.48. The lowest BCUT2D eigenvalue weighted by molar-refractivity contribution is -0.275. The Balaban J connectivity index is 2.04. The van der Waals surface area contributed by atoms with Crippen LogP contribution in [0.25, 0.3) is 0 Å². The zero-order valence-corrected chi connectivity index (χ0v) is 8.66. The van der Waals surface area contributed by atoms with Crippen molar-refractivity contribution in [1.29, 1.82) is 0 Å². The Hall–Kier alpha value is -0.900. The third-order valence-electron chi connectivity index (χ3n) is 3.06. The Morgan fingerprint density at radius 1 is 1.13 bits per heavy atom. The molecule has 0 radical (unpaired) electrons. The molecular weight excluding hydrogens is 190 g/mol. The Morgan fingerprint density at radius 2 is 1.93 bits per heavy atom. The predicted molar refractivity (Wildman–Crippen MR) is 56.3 cm³/mol. The fourth-order valence-electron chi connectivity index (χ4n) is 2.34. The Morgan fingerprint density at radius 3 is 2.80 bits per heavy atom. The van der Waals surface area contributed by atoms with Crippen LogP contribution in [-0.2, 0) is 21.8 Å². The van der Waals surface area contributed by atoms with E-state index in [0.29, 0.717) is 0 Å². The molecule has 3 heteroatoms. The first-order chi connectivity index (χ1) is 7.41. The minimum Gasteiger partial charge on any atom is -0.345 e. The van der Waals surface area contributed by atoms with E-state index in [1.807, 2.05) is 6.07 Å². The van der Waals surface area contributed by atoms with E-state index in [9.17, 15) is 0 Å². The molecule has 0 atom stereocenters. The van der Waals surface area contributed by atoms with Crippen molar-refractivity contribution in [2.45, 2.75) is 18.8 Å². The van der Waals surface area contributed by atoms with Crippen LogP contribution in [0.4, 0.5) is 0 Å². The highest BCUT2D eigenvalue weighted by molar-refractivity contribution is 5.33. The molecule has 0 aliphatic carbocycles. The van der Waals surface area contributed by atoms with Gasteiger partial charge in [-0.05, 0) is 12.0 Å². The molecule has 80 valence electrons. The van der Waals surface area contributed by atoms with Crippen LogP contribution in [0.15, 0.2) is 24.3 Å². The van der Waals surface area contributed by atoms with Crippen LogP contribution in [0.5, 0.6) is 0 Å². The van der Waals surface area contributed by atoms with E-state index >= 15 is 0 Å². The van der Waals surface area contributed by atoms with Gasteiger partial charge >= 0.3 is 0 Å². The maximum Gasteiger partial charge on any atom is 0.208 e. The van der Waals surface area contributed by atoms with Crippen LogP contribution in [0.1, 0.15) is 17.5 Å². The molecule has 3 rings (SSSR count). The second-order valence-corrected chi connectivity index (χ2v) is 4.06. The van der Waals surface area contributed by atoms with Gasteiger partial charge in [0.1, 0.15) is 0 Å². The zero-order chi connectivity index (χ0) is 10.1. The van der Waals surface area contributed by atoms with Gasteiger partial charge in [-0.2, -0.15) is 0 Å². The van der Waals surface area contributed by atoms with Crippen LogP contribution < -0.4 is 5.32 Å². The van der Waals surface area contributed by atoms with Gasteiger partial charge in [0, 0.05) is 12.1 Å². The van der Waals surface area contributed by atoms with Gasteiger partial charge in [-0.3, -0.25) is 0 Å². The standard InChI is InChI=1S/C12H15NO2/c1-2-5-11-10(4-1)8-13-9-12(11)14-6-3-7-15-12/h1-2,4-5,13H,3,6-9H2. The van der Waals surface area contributed by atoms with Crippen molar-refractivity contribution >= 4 is 0 Å². The molecule has 2 heterocycles. The molecule has 15 heavy (non-hydrogen) atoms. The van der Waals surface area contributed by atoms with Crippen molar-refractivity contribution in [3.8, 4) is 0 Å². The number of ether oxygens (including phenoxy) is 2. The minimum atomic E-state index is -0.521. The van der Waals surface area contributed by atoms with Gasteiger partial charge in [0.2, 0.25) is 5.79 Å². The van der Waals surface area contributed by atoms with Gasteiger partial charge in [0.15, 0.2) is 0 Å². The number of hydrogen-bond acceptors (Lipinski definition) is 3. The van der Waals surface area contributed by atoms with Gasteiger partial charge in [-0.15, -0.1) is 0 Å². The molecule has 3 nitrogen and oxygen atoms in total. The summed E-state index contributed by atoms with van der Waals surface area (Å²) in [4.78, 5) is 0. The van der Waals surface area contributed by atoms with Crippen LogP contribution in [0.2, 0.25) is 0 Å². The van der Waals surface area contributed by atoms with Crippen LogP contribution in [0.3, 0.4) is 0 Å². The van der Waals surface area contributed by atoms with E-state index in [2.05, 4.69) is 23.5 Å². The van der Waals surface area contributed by atoms with Crippen molar-refractivity contribution in [3.63, 3.8) is 0 Å². The minimum absolute atomic E-state index is 0.521. The van der Waals surface area contributed by atoms with E-state index in [-0.39, 0.29) is 0 Å². The first-order valence-electron chi connectivity index (χ1n) is 5.48. The van der Waals surface area contributed by atoms with Gasteiger partial charge in [-0.25, -0.2) is 0 Å².